The van der Waals surface area contributed by atoms with Crippen LogP contribution in [0.4, 0.5) is 10.7 Å². The number of para-hydroxylation sites is 1. The van der Waals surface area contributed by atoms with Gasteiger partial charge in [-0.3, -0.25) is 4.40 Å². The molecule has 1 N–H and O–H groups in total. The van der Waals surface area contributed by atoms with E-state index >= 15 is 0 Å². The number of aromatic nitrogens is 5. The quantitative estimate of drug-likeness (QED) is 0.231. The molecule has 228 valence electrons. The maximum Gasteiger partial charge on any atom is 0.408 e. The lowest BCUT2D eigenvalue weighted by Gasteiger charge is -2.42. The SMILES string of the molecule is COc1ccc(Cn2nc(I)c3c2nc(N2CCC4(CC2)Oc2ccccc2[C@H]4OC(=O)NC(C)(C)C)n2ccnc32)cc1. The molecule has 1 atom stereocenters. The van der Waals surface area contributed by atoms with Crippen molar-refractivity contribution >= 4 is 51.3 Å². The Morgan fingerprint density at radius 2 is 1.86 bits per heavy atom. The zero-order valence-electron chi connectivity index (χ0n) is 25.1. The first-order valence-corrected chi connectivity index (χ1v) is 15.8. The first kappa shape index (κ1) is 28.7. The molecule has 3 aromatic heterocycles. The first-order chi connectivity index (χ1) is 21.1. The number of methoxy groups -OCH3 is 1. The van der Waals surface area contributed by atoms with E-state index in [4.69, 9.17) is 29.3 Å². The minimum absolute atomic E-state index is 0.412. The molecule has 11 nitrogen and oxygen atoms in total. The Morgan fingerprint density at radius 3 is 2.59 bits per heavy atom. The van der Waals surface area contributed by atoms with Crippen molar-refractivity contribution in [3.8, 4) is 11.5 Å². The second-order valence-electron chi connectivity index (χ2n) is 12.4. The van der Waals surface area contributed by atoms with Gasteiger partial charge in [-0.15, -0.1) is 0 Å². The van der Waals surface area contributed by atoms with Crippen LogP contribution in [0.1, 0.15) is 50.8 Å². The Kier molecular flexibility index (Phi) is 7.06. The van der Waals surface area contributed by atoms with Crippen molar-refractivity contribution in [3.63, 3.8) is 0 Å². The van der Waals surface area contributed by atoms with Crippen LogP contribution in [0.2, 0.25) is 0 Å². The zero-order valence-corrected chi connectivity index (χ0v) is 27.2. The number of imidazole rings is 1. The maximum atomic E-state index is 12.9. The molecule has 5 aromatic rings. The molecule has 1 fully saturated rings. The van der Waals surface area contributed by atoms with E-state index in [-0.39, 0.29) is 0 Å². The monoisotopic (exact) mass is 707 g/mol. The number of nitrogens with zero attached hydrogens (tertiary/aromatic N) is 6. The van der Waals surface area contributed by atoms with E-state index < -0.39 is 23.3 Å². The van der Waals surface area contributed by atoms with Gasteiger partial charge in [0.1, 0.15) is 15.2 Å². The van der Waals surface area contributed by atoms with Gasteiger partial charge in [0.25, 0.3) is 0 Å². The lowest BCUT2D eigenvalue weighted by molar-refractivity contribution is -0.0533. The molecule has 1 saturated heterocycles. The largest absolute Gasteiger partial charge is 0.497 e. The van der Waals surface area contributed by atoms with Gasteiger partial charge >= 0.3 is 6.09 Å². The van der Waals surface area contributed by atoms with Crippen LogP contribution in [0, 0.1) is 3.70 Å². The van der Waals surface area contributed by atoms with Gasteiger partial charge in [-0.05, 0) is 67.1 Å². The number of halogens is 1. The smallest absolute Gasteiger partial charge is 0.408 e. The lowest BCUT2D eigenvalue weighted by Crippen LogP contribution is -2.52. The lowest BCUT2D eigenvalue weighted by atomic mass is 9.84. The molecule has 0 saturated carbocycles. The Labute approximate surface area is 268 Å². The summed E-state index contributed by atoms with van der Waals surface area (Å²) in [4.78, 5) is 25.1. The molecule has 7 rings (SSSR count). The highest BCUT2D eigenvalue weighted by Gasteiger charge is 2.53. The number of ether oxygens (including phenoxy) is 3. The molecule has 2 aromatic carbocycles. The maximum absolute atomic E-state index is 12.9. The Bertz CT molecular complexity index is 1850. The standard InChI is InChI=1S/C32H34IN7O4/c1-31(2,3)36-30(41)43-25-22-7-5-6-8-23(22)44-32(25)13-16-38(17-14-32)29-35-28-24(27-34-15-18-39(27)29)26(33)37-40(28)19-20-9-11-21(42-4)12-10-20/h5-12,15,18,25H,13-14,16-17,19H2,1-4H3,(H,36,41)/t25-/m1/s1. The highest BCUT2D eigenvalue weighted by molar-refractivity contribution is 14.1. The Morgan fingerprint density at radius 1 is 1.11 bits per heavy atom. The van der Waals surface area contributed by atoms with Crippen molar-refractivity contribution in [1.82, 2.24) is 29.5 Å². The van der Waals surface area contributed by atoms with Crippen LogP contribution in [0.3, 0.4) is 0 Å². The highest BCUT2D eigenvalue weighted by atomic mass is 127. The van der Waals surface area contributed by atoms with E-state index in [0.29, 0.717) is 32.5 Å². The van der Waals surface area contributed by atoms with Gasteiger partial charge in [-0.25, -0.2) is 14.5 Å². The predicted octanol–water partition coefficient (Wildman–Crippen LogP) is 5.74. The van der Waals surface area contributed by atoms with Crippen LogP contribution in [0.25, 0.3) is 16.7 Å². The van der Waals surface area contributed by atoms with Crippen molar-refractivity contribution in [2.75, 3.05) is 25.1 Å². The number of rotatable bonds is 5. The second-order valence-corrected chi connectivity index (χ2v) is 13.4. The molecule has 0 bridgehead atoms. The van der Waals surface area contributed by atoms with Gasteiger partial charge in [0, 0.05) is 49.4 Å². The van der Waals surface area contributed by atoms with Crippen LogP contribution >= 0.6 is 22.6 Å². The molecule has 0 radical (unpaired) electrons. The molecular weight excluding hydrogens is 673 g/mol. The van der Waals surface area contributed by atoms with Gasteiger partial charge in [0.05, 0.1) is 19.0 Å². The fourth-order valence-electron chi connectivity index (χ4n) is 6.18. The van der Waals surface area contributed by atoms with Crippen LogP contribution in [0.5, 0.6) is 11.5 Å². The molecule has 12 heteroatoms. The normalized spacial score (nSPS) is 17.6. The summed E-state index contributed by atoms with van der Waals surface area (Å²) in [5.41, 5.74) is 2.52. The molecule has 2 aliphatic heterocycles. The topological polar surface area (TPSA) is 108 Å². The van der Waals surface area contributed by atoms with Crippen LogP contribution in [-0.2, 0) is 11.3 Å². The molecule has 2 aliphatic rings. The van der Waals surface area contributed by atoms with Crippen LogP contribution in [-0.4, -0.2) is 61.6 Å². The number of alkyl carbamates (subject to hydrolysis) is 1. The summed E-state index contributed by atoms with van der Waals surface area (Å²) >= 11 is 2.26. The molecule has 44 heavy (non-hydrogen) atoms. The van der Waals surface area contributed by atoms with Gasteiger partial charge in [0.2, 0.25) is 5.95 Å². The number of carbonyl (C=O) groups is 1. The third-order valence-electron chi connectivity index (χ3n) is 8.25. The number of piperidine rings is 1. The fraction of sp³-hybridized carbons (Fsp3) is 0.375. The third kappa shape index (κ3) is 5.08. The molecular formula is C32H34IN7O4. The Hall–Kier alpha value is -4.07. The van der Waals surface area contributed by atoms with E-state index in [2.05, 4.69) is 32.8 Å². The van der Waals surface area contributed by atoms with E-state index in [9.17, 15) is 4.79 Å². The predicted molar refractivity (Wildman–Crippen MR) is 174 cm³/mol. The molecule has 1 amide bonds. The van der Waals surface area contributed by atoms with Crippen molar-refractivity contribution in [1.29, 1.82) is 0 Å². The number of benzene rings is 2. The van der Waals surface area contributed by atoms with Crippen molar-refractivity contribution in [2.24, 2.45) is 0 Å². The second kappa shape index (κ2) is 10.8. The number of fused-ring (bicyclic) bond motifs is 4. The van der Waals surface area contributed by atoms with E-state index in [1.165, 1.54) is 0 Å². The van der Waals surface area contributed by atoms with Crippen molar-refractivity contribution in [3.05, 3.63) is 75.8 Å². The summed E-state index contributed by atoms with van der Waals surface area (Å²) < 4.78 is 22.9. The molecule has 5 heterocycles. The number of hydrogen-bond donors (Lipinski definition) is 1. The molecule has 0 unspecified atom stereocenters. The van der Waals surface area contributed by atoms with Gasteiger partial charge in [-0.2, -0.15) is 10.1 Å². The fourth-order valence-corrected chi connectivity index (χ4v) is 6.92. The van der Waals surface area contributed by atoms with E-state index in [1.807, 2.05) is 84.6 Å². The van der Waals surface area contributed by atoms with Crippen molar-refractivity contribution < 1.29 is 19.0 Å². The minimum atomic E-state index is -0.668. The number of amides is 1. The number of nitrogens with one attached hydrogen (secondary N) is 1. The van der Waals surface area contributed by atoms with Gasteiger partial charge < -0.3 is 24.4 Å². The number of anilines is 1. The van der Waals surface area contributed by atoms with Gasteiger partial charge in [-0.1, -0.05) is 30.3 Å². The van der Waals surface area contributed by atoms with E-state index in [0.717, 1.165) is 49.0 Å². The highest BCUT2D eigenvalue weighted by Crippen LogP contribution is 2.50. The summed E-state index contributed by atoms with van der Waals surface area (Å²) in [5, 5.41) is 8.71. The molecule has 0 aliphatic carbocycles. The zero-order chi connectivity index (χ0) is 30.6. The number of hydrogen-bond acceptors (Lipinski definition) is 8. The summed E-state index contributed by atoms with van der Waals surface area (Å²) in [6.07, 6.45) is 4.08. The van der Waals surface area contributed by atoms with Crippen molar-refractivity contribution in [2.45, 2.75) is 57.4 Å². The summed E-state index contributed by atoms with van der Waals surface area (Å²) in [6, 6.07) is 15.8. The van der Waals surface area contributed by atoms with Crippen LogP contribution < -0.4 is 19.7 Å². The van der Waals surface area contributed by atoms with Gasteiger partial charge in [0.15, 0.2) is 23.0 Å². The first-order valence-electron chi connectivity index (χ1n) is 14.7. The third-order valence-corrected chi connectivity index (χ3v) is 9.00. The summed E-state index contributed by atoms with van der Waals surface area (Å²) in [7, 11) is 1.66. The number of carbonyl (C=O) groups excluding carboxylic acids is 1. The summed E-state index contributed by atoms with van der Waals surface area (Å²) in [5.74, 6) is 2.38. The summed E-state index contributed by atoms with van der Waals surface area (Å²) in [6.45, 7) is 7.69. The average molecular weight is 708 g/mol. The van der Waals surface area contributed by atoms with Crippen LogP contribution in [0.15, 0.2) is 60.9 Å². The molecule has 1 spiro atoms. The minimum Gasteiger partial charge on any atom is -0.497 e. The van der Waals surface area contributed by atoms with E-state index in [1.54, 1.807) is 13.3 Å². The Balaban J connectivity index is 1.19. The average Bonchev–Trinajstić information content (AvgIpc) is 3.68.